The SMILES string of the molecule is O=C(O)C1(C(=O)O)CCCC2CCCCC21.O=C(O)C1(C(=O)O)CCCCC1. The Balaban J connectivity index is 0.000000209. The number of rotatable bonds is 4. The molecule has 0 saturated heterocycles. The van der Waals surface area contributed by atoms with Gasteiger partial charge in [-0.25, -0.2) is 0 Å². The first-order chi connectivity index (χ1) is 13.2. The van der Waals surface area contributed by atoms with Gasteiger partial charge in [-0.3, -0.25) is 19.2 Å². The number of carboxylic acid groups (broad SMARTS) is 4. The third kappa shape index (κ3) is 4.00. The van der Waals surface area contributed by atoms with Gasteiger partial charge in [0.2, 0.25) is 0 Å². The second-order valence-electron chi connectivity index (χ2n) is 8.38. The molecule has 0 aromatic heterocycles. The molecule has 3 saturated carbocycles. The van der Waals surface area contributed by atoms with Crippen molar-refractivity contribution in [1.82, 2.24) is 0 Å². The Morgan fingerprint density at radius 3 is 1.54 bits per heavy atom. The van der Waals surface area contributed by atoms with E-state index in [0.29, 0.717) is 25.2 Å². The van der Waals surface area contributed by atoms with Crippen molar-refractivity contribution in [3.8, 4) is 0 Å². The van der Waals surface area contributed by atoms with Crippen molar-refractivity contribution < 1.29 is 39.6 Å². The van der Waals surface area contributed by atoms with Gasteiger partial charge >= 0.3 is 23.9 Å². The van der Waals surface area contributed by atoms with E-state index in [2.05, 4.69) is 0 Å². The molecule has 0 aliphatic heterocycles. The van der Waals surface area contributed by atoms with E-state index < -0.39 is 34.7 Å². The van der Waals surface area contributed by atoms with E-state index in [0.717, 1.165) is 44.9 Å². The molecular weight excluding hydrogens is 368 g/mol. The number of fused-ring (bicyclic) bond motifs is 1. The van der Waals surface area contributed by atoms with Crippen molar-refractivity contribution in [1.29, 1.82) is 0 Å². The maximum absolute atomic E-state index is 11.4. The fourth-order valence-corrected chi connectivity index (χ4v) is 5.33. The van der Waals surface area contributed by atoms with Crippen LogP contribution in [0.15, 0.2) is 0 Å². The van der Waals surface area contributed by atoms with Crippen LogP contribution in [0, 0.1) is 22.7 Å². The summed E-state index contributed by atoms with van der Waals surface area (Å²) in [6.45, 7) is 0. The quantitative estimate of drug-likeness (QED) is 0.527. The van der Waals surface area contributed by atoms with Gasteiger partial charge in [-0.05, 0) is 37.5 Å². The number of hydrogen-bond acceptors (Lipinski definition) is 4. The molecule has 0 heterocycles. The molecule has 4 N–H and O–H groups in total. The molecule has 0 aromatic rings. The van der Waals surface area contributed by atoms with E-state index in [4.69, 9.17) is 10.2 Å². The van der Waals surface area contributed by atoms with Crippen LogP contribution in [0.2, 0.25) is 0 Å². The van der Waals surface area contributed by atoms with Crippen molar-refractivity contribution in [3.05, 3.63) is 0 Å². The molecule has 0 amide bonds. The van der Waals surface area contributed by atoms with Crippen LogP contribution in [0.5, 0.6) is 0 Å². The van der Waals surface area contributed by atoms with E-state index in [1.54, 1.807) is 0 Å². The highest BCUT2D eigenvalue weighted by molar-refractivity contribution is 5.99. The van der Waals surface area contributed by atoms with Crippen molar-refractivity contribution >= 4 is 23.9 Å². The van der Waals surface area contributed by atoms with Crippen LogP contribution >= 0.6 is 0 Å². The zero-order valence-corrected chi connectivity index (χ0v) is 16.1. The van der Waals surface area contributed by atoms with Gasteiger partial charge in [0.15, 0.2) is 10.8 Å². The maximum Gasteiger partial charge on any atom is 0.321 e. The fraction of sp³-hybridized carbons (Fsp3) is 0.800. The average Bonchev–Trinajstić information content (AvgIpc) is 2.67. The largest absolute Gasteiger partial charge is 0.480 e. The van der Waals surface area contributed by atoms with Gasteiger partial charge in [-0.2, -0.15) is 0 Å². The molecule has 3 rings (SSSR count). The van der Waals surface area contributed by atoms with Crippen LogP contribution in [-0.4, -0.2) is 44.3 Å². The smallest absolute Gasteiger partial charge is 0.321 e. The first-order valence-corrected chi connectivity index (χ1v) is 10.1. The summed E-state index contributed by atoms with van der Waals surface area (Å²) >= 11 is 0. The predicted molar refractivity (Wildman–Crippen MR) is 97.8 cm³/mol. The minimum Gasteiger partial charge on any atom is -0.480 e. The van der Waals surface area contributed by atoms with Gasteiger partial charge in [0.25, 0.3) is 0 Å². The van der Waals surface area contributed by atoms with Gasteiger partial charge in [0.05, 0.1) is 0 Å². The highest BCUT2D eigenvalue weighted by Crippen LogP contribution is 2.51. The van der Waals surface area contributed by atoms with E-state index in [-0.39, 0.29) is 18.8 Å². The lowest BCUT2D eigenvalue weighted by Gasteiger charge is -2.45. The minimum absolute atomic E-state index is 0.148. The first kappa shape index (κ1) is 22.2. The van der Waals surface area contributed by atoms with Crippen LogP contribution in [0.4, 0.5) is 0 Å². The Labute approximate surface area is 163 Å². The predicted octanol–water partition coefficient (Wildman–Crippen LogP) is 3.24. The molecule has 3 fully saturated rings. The standard InChI is InChI=1S/C12H18O4.C8H12O4/c13-10(14)12(11(15)16)7-3-5-8-4-1-2-6-9(8)12;9-6(10)8(7(11)12)4-2-1-3-5-8/h8-9H,1-7H2,(H,13,14)(H,15,16);1-5H2,(H,9,10)(H,11,12). The molecule has 0 aromatic carbocycles. The second-order valence-corrected chi connectivity index (χ2v) is 8.38. The van der Waals surface area contributed by atoms with Crippen LogP contribution in [0.3, 0.4) is 0 Å². The Morgan fingerprint density at radius 2 is 1.07 bits per heavy atom. The van der Waals surface area contributed by atoms with Gasteiger partial charge < -0.3 is 20.4 Å². The lowest BCUT2D eigenvalue weighted by Crippen LogP contribution is -2.51. The lowest BCUT2D eigenvalue weighted by molar-refractivity contribution is -0.176. The van der Waals surface area contributed by atoms with E-state index in [1.807, 2.05) is 0 Å². The molecule has 28 heavy (non-hydrogen) atoms. The van der Waals surface area contributed by atoms with E-state index >= 15 is 0 Å². The fourth-order valence-electron chi connectivity index (χ4n) is 5.33. The number of aliphatic carboxylic acids is 4. The van der Waals surface area contributed by atoms with Crippen LogP contribution in [0.1, 0.15) is 77.0 Å². The number of carbonyl (C=O) groups is 4. The van der Waals surface area contributed by atoms with Gasteiger partial charge in [0.1, 0.15) is 0 Å². The zero-order chi connectivity index (χ0) is 20.9. The van der Waals surface area contributed by atoms with Crippen molar-refractivity contribution in [2.45, 2.75) is 77.0 Å². The minimum atomic E-state index is -1.50. The summed E-state index contributed by atoms with van der Waals surface area (Å²) in [6, 6.07) is 0. The summed E-state index contributed by atoms with van der Waals surface area (Å²) < 4.78 is 0. The maximum atomic E-state index is 11.4. The third-order valence-corrected chi connectivity index (χ3v) is 6.98. The summed E-state index contributed by atoms with van der Waals surface area (Å²) in [4.78, 5) is 44.3. The molecule has 158 valence electrons. The Hall–Kier alpha value is -2.12. The lowest BCUT2D eigenvalue weighted by atomic mass is 9.57. The van der Waals surface area contributed by atoms with Gasteiger partial charge in [-0.1, -0.05) is 51.4 Å². The summed E-state index contributed by atoms with van der Waals surface area (Å²) in [6.07, 6.45) is 8.83. The Morgan fingerprint density at radius 1 is 0.571 bits per heavy atom. The third-order valence-electron chi connectivity index (χ3n) is 6.98. The van der Waals surface area contributed by atoms with Crippen LogP contribution < -0.4 is 0 Å². The molecule has 0 radical (unpaired) electrons. The van der Waals surface area contributed by atoms with Crippen LogP contribution in [-0.2, 0) is 19.2 Å². The molecule has 3 aliphatic rings. The van der Waals surface area contributed by atoms with Gasteiger partial charge in [0, 0.05) is 0 Å². The molecule has 0 spiro atoms. The molecular formula is C20H30O8. The second kappa shape index (κ2) is 8.92. The Bertz CT molecular complexity index is 588. The average molecular weight is 398 g/mol. The number of carboxylic acids is 4. The van der Waals surface area contributed by atoms with Crippen molar-refractivity contribution in [2.24, 2.45) is 22.7 Å². The summed E-state index contributed by atoms with van der Waals surface area (Å²) in [7, 11) is 0. The van der Waals surface area contributed by atoms with Gasteiger partial charge in [-0.15, -0.1) is 0 Å². The summed E-state index contributed by atoms with van der Waals surface area (Å²) in [5.74, 6) is -4.46. The van der Waals surface area contributed by atoms with E-state index in [1.165, 1.54) is 0 Å². The highest BCUT2D eigenvalue weighted by atomic mass is 16.4. The summed E-state index contributed by atoms with van der Waals surface area (Å²) in [5.41, 5.74) is -2.98. The van der Waals surface area contributed by atoms with Crippen LogP contribution in [0.25, 0.3) is 0 Å². The normalized spacial score (nSPS) is 28.0. The molecule has 8 heteroatoms. The topological polar surface area (TPSA) is 149 Å². The van der Waals surface area contributed by atoms with E-state index in [9.17, 15) is 29.4 Å². The molecule has 2 unspecified atom stereocenters. The number of hydrogen-bond donors (Lipinski definition) is 4. The summed E-state index contributed by atoms with van der Waals surface area (Å²) in [5, 5.41) is 36.2. The highest BCUT2D eigenvalue weighted by Gasteiger charge is 2.57. The van der Waals surface area contributed by atoms with Crippen molar-refractivity contribution in [2.75, 3.05) is 0 Å². The first-order valence-electron chi connectivity index (χ1n) is 10.1. The van der Waals surface area contributed by atoms with Crippen molar-refractivity contribution in [3.63, 3.8) is 0 Å². The molecule has 2 atom stereocenters. The molecule has 3 aliphatic carbocycles. The molecule has 8 nitrogen and oxygen atoms in total. The monoisotopic (exact) mass is 398 g/mol. The zero-order valence-electron chi connectivity index (χ0n) is 16.1. The molecule has 0 bridgehead atoms. The Kier molecular flexibility index (Phi) is 7.06.